The van der Waals surface area contributed by atoms with Crippen molar-refractivity contribution in [3.8, 4) is 22.3 Å². The molecular weight excluding hydrogens is 599 g/mol. The predicted molar refractivity (Wildman–Crippen MR) is 204 cm³/mol. The molecule has 0 bridgehead atoms. The van der Waals surface area contributed by atoms with E-state index >= 15 is 0 Å². The number of anilines is 3. The maximum Gasteiger partial charge on any atom is 0.159 e. The lowest BCUT2D eigenvalue weighted by molar-refractivity contribution is 0.668. The molecule has 0 N–H and O–H groups in total. The van der Waals surface area contributed by atoms with E-state index in [1.807, 2.05) is 12.1 Å². The van der Waals surface area contributed by atoms with Crippen LogP contribution < -0.4 is 4.90 Å². The first-order valence-electron chi connectivity index (χ1n) is 16.6. The van der Waals surface area contributed by atoms with Crippen LogP contribution in [0.3, 0.4) is 0 Å². The van der Waals surface area contributed by atoms with Crippen LogP contribution in [0.5, 0.6) is 0 Å². The van der Waals surface area contributed by atoms with Crippen LogP contribution in [0.15, 0.2) is 185 Å². The lowest BCUT2D eigenvalue weighted by Crippen LogP contribution is -2.11. The molecule has 2 heterocycles. The standard InChI is InChI=1S/C46H29NO2/c1-3-12-30(13-4-1)32-22-24-36(25-23-32)47(40-20-11-19-38-37-18-9-10-21-42(37)49-46(38)40)41-27-35(31-14-5-2-6-15-31)29-44-45(41)39-26-33-16-7-8-17-34(33)28-43(39)48-44/h1-29H. The molecule has 0 unspecified atom stereocenters. The Bertz CT molecular complexity index is 2810. The third kappa shape index (κ3) is 4.51. The minimum Gasteiger partial charge on any atom is -0.456 e. The van der Waals surface area contributed by atoms with Gasteiger partial charge in [0.15, 0.2) is 5.58 Å². The van der Waals surface area contributed by atoms with Crippen molar-refractivity contribution in [3.63, 3.8) is 0 Å². The second-order valence-corrected chi connectivity index (χ2v) is 12.5. The number of fused-ring (bicyclic) bond motifs is 7. The van der Waals surface area contributed by atoms with Gasteiger partial charge in [0.2, 0.25) is 0 Å². The van der Waals surface area contributed by atoms with E-state index in [-0.39, 0.29) is 0 Å². The summed E-state index contributed by atoms with van der Waals surface area (Å²) in [5.74, 6) is 0. The third-order valence-electron chi connectivity index (χ3n) is 9.62. The van der Waals surface area contributed by atoms with Gasteiger partial charge in [-0.3, -0.25) is 0 Å². The maximum atomic E-state index is 6.75. The number of nitrogens with zero attached hydrogens (tertiary/aromatic N) is 1. The summed E-state index contributed by atoms with van der Waals surface area (Å²) in [5.41, 5.74) is 11.0. The molecule has 0 aliphatic carbocycles. The summed E-state index contributed by atoms with van der Waals surface area (Å²) in [6, 6.07) is 62.0. The fraction of sp³-hybridized carbons (Fsp3) is 0. The van der Waals surface area contributed by atoms with E-state index in [4.69, 9.17) is 8.83 Å². The van der Waals surface area contributed by atoms with E-state index in [1.54, 1.807) is 0 Å². The van der Waals surface area contributed by atoms with Crippen LogP contribution in [0.1, 0.15) is 0 Å². The number of rotatable bonds is 5. The van der Waals surface area contributed by atoms with E-state index in [0.717, 1.165) is 83.0 Å². The minimum atomic E-state index is 0.837. The quantitative estimate of drug-likeness (QED) is 0.190. The first-order valence-corrected chi connectivity index (χ1v) is 16.6. The molecular formula is C46H29NO2. The van der Waals surface area contributed by atoms with E-state index in [0.29, 0.717) is 0 Å². The molecule has 10 aromatic rings. The van der Waals surface area contributed by atoms with Crippen molar-refractivity contribution in [2.75, 3.05) is 4.90 Å². The molecule has 49 heavy (non-hydrogen) atoms. The van der Waals surface area contributed by atoms with Gasteiger partial charge in [0.05, 0.1) is 16.8 Å². The number of para-hydroxylation sites is 2. The molecule has 2 aromatic heterocycles. The van der Waals surface area contributed by atoms with Gasteiger partial charge in [-0.1, -0.05) is 127 Å². The highest BCUT2D eigenvalue weighted by Crippen LogP contribution is 2.48. The van der Waals surface area contributed by atoms with Crippen molar-refractivity contribution in [2.24, 2.45) is 0 Å². The first-order chi connectivity index (χ1) is 24.3. The van der Waals surface area contributed by atoms with Crippen molar-refractivity contribution in [3.05, 3.63) is 176 Å². The Balaban J connectivity index is 1.31. The fourth-order valence-corrected chi connectivity index (χ4v) is 7.29. The molecule has 3 nitrogen and oxygen atoms in total. The summed E-state index contributed by atoms with van der Waals surface area (Å²) >= 11 is 0. The van der Waals surface area contributed by atoms with Crippen LogP contribution in [0.25, 0.3) is 76.9 Å². The zero-order valence-electron chi connectivity index (χ0n) is 26.5. The van der Waals surface area contributed by atoms with Crippen LogP contribution in [0.4, 0.5) is 17.1 Å². The predicted octanol–water partition coefficient (Wildman–Crippen LogP) is 13.4. The highest BCUT2D eigenvalue weighted by atomic mass is 16.3. The lowest BCUT2D eigenvalue weighted by atomic mass is 9.99. The van der Waals surface area contributed by atoms with Gasteiger partial charge in [-0.15, -0.1) is 0 Å². The summed E-state index contributed by atoms with van der Waals surface area (Å²) < 4.78 is 13.4. The third-order valence-corrected chi connectivity index (χ3v) is 9.62. The highest BCUT2D eigenvalue weighted by molar-refractivity contribution is 6.19. The van der Waals surface area contributed by atoms with Gasteiger partial charge in [-0.25, -0.2) is 0 Å². The van der Waals surface area contributed by atoms with Crippen molar-refractivity contribution in [1.29, 1.82) is 0 Å². The second-order valence-electron chi connectivity index (χ2n) is 12.5. The minimum absolute atomic E-state index is 0.837. The Labute approximate surface area is 282 Å². The van der Waals surface area contributed by atoms with Gasteiger partial charge in [-0.2, -0.15) is 0 Å². The fourth-order valence-electron chi connectivity index (χ4n) is 7.29. The van der Waals surface area contributed by atoms with Gasteiger partial charge < -0.3 is 13.7 Å². The van der Waals surface area contributed by atoms with Crippen molar-refractivity contribution in [1.82, 2.24) is 0 Å². The SMILES string of the molecule is c1ccc(-c2ccc(N(c3cccc4c3oc3ccccc34)c3cc(-c4ccccc4)cc4oc5cc6ccccc6cc5c34)cc2)cc1. The molecule has 10 rings (SSSR count). The molecule has 0 aliphatic heterocycles. The van der Waals surface area contributed by atoms with Gasteiger partial charge >= 0.3 is 0 Å². The van der Waals surface area contributed by atoms with E-state index in [9.17, 15) is 0 Å². The van der Waals surface area contributed by atoms with E-state index < -0.39 is 0 Å². The Kier molecular flexibility index (Phi) is 6.18. The molecule has 0 atom stereocenters. The Morgan fingerprint density at radius 3 is 1.76 bits per heavy atom. The molecule has 0 amide bonds. The Morgan fingerprint density at radius 2 is 0.980 bits per heavy atom. The molecule has 230 valence electrons. The smallest absolute Gasteiger partial charge is 0.159 e. The van der Waals surface area contributed by atoms with E-state index in [1.165, 1.54) is 10.9 Å². The molecule has 0 spiro atoms. The second kappa shape index (κ2) is 11.0. The van der Waals surface area contributed by atoms with Crippen LogP contribution >= 0.6 is 0 Å². The number of furan rings is 2. The van der Waals surface area contributed by atoms with Crippen molar-refractivity contribution in [2.45, 2.75) is 0 Å². The summed E-state index contributed by atoms with van der Waals surface area (Å²) in [4.78, 5) is 2.35. The summed E-state index contributed by atoms with van der Waals surface area (Å²) in [7, 11) is 0. The molecule has 0 radical (unpaired) electrons. The van der Waals surface area contributed by atoms with Crippen molar-refractivity contribution >= 4 is 71.7 Å². The van der Waals surface area contributed by atoms with Gasteiger partial charge in [0.1, 0.15) is 16.7 Å². The van der Waals surface area contributed by atoms with Crippen LogP contribution in [-0.4, -0.2) is 0 Å². The van der Waals surface area contributed by atoms with Gasteiger partial charge in [0.25, 0.3) is 0 Å². The topological polar surface area (TPSA) is 29.5 Å². The number of hydrogen-bond donors (Lipinski definition) is 0. The zero-order valence-corrected chi connectivity index (χ0v) is 26.5. The van der Waals surface area contributed by atoms with Crippen molar-refractivity contribution < 1.29 is 8.83 Å². The van der Waals surface area contributed by atoms with E-state index in [2.05, 4.69) is 169 Å². The molecule has 0 saturated carbocycles. The first kappa shape index (κ1) is 27.5. The Hall–Kier alpha value is -6.58. The lowest BCUT2D eigenvalue weighted by Gasteiger charge is -2.27. The van der Waals surface area contributed by atoms with Crippen LogP contribution in [0.2, 0.25) is 0 Å². The highest BCUT2D eigenvalue weighted by Gasteiger charge is 2.24. The normalized spacial score (nSPS) is 11.7. The average molecular weight is 628 g/mol. The largest absolute Gasteiger partial charge is 0.456 e. The van der Waals surface area contributed by atoms with Gasteiger partial charge in [0, 0.05) is 21.8 Å². The zero-order chi connectivity index (χ0) is 32.3. The maximum absolute atomic E-state index is 6.75. The summed E-state index contributed by atoms with van der Waals surface area (Å²) in [5, 5.41) is 6.64. The monoisotopic (exact) mass is 627 g/mol. The molecule has 0 saturated heterocycles. The van der Waals surface area contributed by atoms with Crippen LogP contribution in [-0.2, 0) is 0 Å². The Morgan fingerprint density at radius 1 is 0.347 bits per heavy atom. The van der Waals surface area contributed by atoms with Crippen LogP contribution in [0, 0.1) is 0 Å². The van der Waals surface area contributed by atoms with Gasteiger partial charge in [-0.05, 0) is 81.6 Å². The molecule has 3 heteroatoms. The molecule has 8 aromatic carbocycles. The number of benzene rings is 8. The summed E-state index contributed by atoms with van der Waals surface area (Å²) in [6.07, 6.45) is 0. The molecule has 0 fully saturated rings. The molecule has 0 aliphatic rings. The number of hydrogen-bond acceptors (Lipinski definition) is 3. The average Bonchev–Trinajstić information content (AvgIpc) is 3.73. The summed E-state index contributed by atoms with van der Waals surface area (Å²) in [6.45, 7) is 0.